The molecule has 3 spiro atoms. The monoisotopic (exact) mass is 1580 g/mol. The summed E-state index contributed by atoms with van der Waals surface area (Å²) in [5.74, 6) is 1.41. The van der Waals surface area contributed by atoms with Crippen LogP contribution in [-0.4, -0.2) is 37.1 Å². The van der Waals surface area contributed by atoms with Gasteiger partial charge in [0.05, 0.1) is 33.0 Å². The van der Waals surface area contributed by atoms with E-state index in [1.54, 1.807) is 0 Å². The molecule has 0 aliphatic heterocycles. The van der Waals surface area contributed by atoms with E-state index >= 15 is 0 Å². The molecular formula is C107H74BBrClLiN4O2. The molecule has 6 nitrogen and oxygen atoms in total. The molecule has 0 fully saturated rings. The van der Waals surface area contributed by atoms with Gasteiger partial charge in [0, 0.05) is 31.9 Å². The van der Waals surface area contributed by atoms with Gasteiger partial charge in [0.25, 0.3) is 0 Å². The molecule has 2 heterocycles. The molecule has 0 unspecified atom stereocenters. The van der Waals surface area contributed by atoms with Crippen LogP contribution in [0.4, 0.5) is 0 Å². The first kappa shape index (κ1) is 74.6. The van der Waals surface area contributed by atoms with Crippen LogP contribution in [0, 0.1) is 6.92 Å². The normalized spacial score (nSPS) is 13.2. The summed E-state index contributed by atoms with van der Waals surface area (Å²) in [7, 11) is -1.53. The van der Waals surface area contributed by atoms with E-state index < -0.39 is 17.9 Å². The molecule has 0 bridgehead atoms. The molecule has 0 saturated heterocycles. The zero-order valence-electron chi connectivity index (χ0n) is 64.5. The molecule has 0 saturated carbocycles. The summed E-state index contributed by atoms with van der Waals surface area (Å²) in [5.41, 5.74) is 36.0. The molecule has 117 heavy (non-hydrogen) atoms. The van der Waals surface area contributed by atoms with Crippen LogP contribution in [0.25, 0.3) is 123 Å². The average molecular weight is 1580 g/mol. The van der Waals surface area contributed by atoms with E-state index in [1.165, 1.54) is 128 Å². The van der Waals surface area contributed by atoms with Gasteiger partial charge in [0.2, 0.25) is 0 Å². The van der Waals surface area contributed by atoms with Gasteiger partial charge < -0.3 is 17.0 Å². The van der Waals surface area contributed by atoms with Crippen molar-refractivity contribution in [2.24, 2.45) is 0 Å². The molecular weight excluding hydrogens is 1510 g/mol. The molecule has 10 heteroatoms. The van der Waals surface area contributed by atoms with E-state index in [2.05, 4.69) is 337 Å². The minimum Gasteiger partial charge on any atom is -0.423 e. The Balaban J connectivity index is 0.000000106. The first-order chi connectivity index (χ1) is 57.2. The molecule has 6 aliphatic carbocycles. The predicted octanol–water partition coefficient (Wildman–Crippen LogP) is 22.4. The zero-order chi connectivity index (χ0) is 78.2. The Morgan fingerprint density at radius 3 is 0.966 bits per heavy atom. The van der Waals surface area contributed by atoms with Gasteiger partial charge >= 0.3 is 26.0 Å². The maximum absolute atomic E-state index is 10.3. The van der Waals surface area contributed by atoms with Crippen molar-refractivity contribution in [1.82, 2.24) is 19.9 Å². The number of hydrogen-bond acceptors (Lipinski definition) is 6. The number of fused-ring (bicyclic) bond motifs is 32. The summed E-state index contributed by atoms with van der Waals surface area (Å²) in [6, 6.07) is 134. The molecule has 2 aromatic heterocycles. The number of para-hydroxylation sites is 2. The Bertz CT molecular complexity index is 6740. The van der Waals surface area contributed by atoms with Gasteiger partial charge in [-0.2, -0.15) is 6.42 Å². The van der Waals surface area contributed by atoms with E-state index in [0.29, 0.717) is 16.4 Å². The SMILES string of the molecule is Brc1cccc2c1C1(c3ccccc3-c3ccccc31)c1ccccc1-2.Clc1nc(-c2ccccc2)nc2ccccc12.OB(O)c1cccc2c1C1(c3ccccc3-c3ccccc31)c1ccccc1-2.[CH2-]CCC.[Li+].c1ccc(-c2nc(-c3cccc4c3C3(c5ccccc5-c5ccccc53)c3ccccc3-4)c3ccccc3n2)cc1. The first-order valence-corrected chi connectivity index (χ1v) is 40.8. The fourth-order valence-electron chi connectivity index (χ4n) is 19.6. The number of rotatable bonds is 5. The minimum atomic E-state index is -1.53. The summed E-state index contributed by atoms with van der Waals surface area (Å²) < 4.78 is 1.18. The second-order valence-electron chi connectivity index (χ2n) is 30.0. The smallest absolute Gasteiger partial charge is 0.423 e. The van der Waals surface area contributed by atoms with Gasteiger partial charge in [-0.1, -0.05) is 399 Å². The van der Waals surface area contributed by atoms with Crippen molar-refractivity contribution in [2.45, 2.75) is 36.0 Å². The molecule has 24 rings (SSSR count). The average Bonchev–Trinajstić information content (AvgIpc) is 1.52. The largest absolute Gasteiger partial charge is 1.00 e. The third-order valence-electron chi connectivity index (χ3n) is 24.1. The Hall–Kier alpha value is -12.4. The maximum atomic E-state index is 10.3. The number of halogens is 2. The Morgan fingerprint density at radius 1 is 0.299 bits per heavy atom. The zero-order valence-corrected chi connectivity index (χ0v) is 66.9. The summed E-state index contributed by atoms with van der Waals surface area (Å²) in [6.07, 6.45) is 2.28. The minimum absolute atomic E-state index is 0. The number of benzene rings is 16. The van der Waals surface area contributed by atoms with E-state index in [1.807, 2.05) is 84.9 Å². The van der Waals surface area contributed by atoms with E-state index in [0.717, 1.165) is 73.1 Å². The van der Waals surface area contributed by atoms with Gasteiger partial charge in [-0.05, 0) is 163 Å². The van der Waals surface area contributed by atoms with Crippen LogP contribution in [-0.2, 0) is 16.2 Å². The first-order valence-electron chi connectivity index (χ1n) is 39.6. The Labute approximate surface area is 707 Å². The maximum Gasteiger partial charge on any atom is 1.00 e. The summed E-state index contributed by atoms with van der Waals surface area (Å²) in [5, 5.41) is 23.0. The van der Waals surface area contributed by atoms with Crippen LogP contribution in [0.1, 0.15) is 86.5 Å². The van der Waals surface area contributed by atoms with Crippen LogP contribution >= 0.6 is 27.5 Å². The standard InChI is InChI=1S/C39H24N2.C25H17BO2.C25H15Br.C14H9ClN2.C4H9.Li/c1-2-13-25(14-3-1)38-40-35-24-11-7-18-30(35)37(41-38)31-20-12-19-29-28-17-6-10-23-34(28)39(36(29)31)32-21-8-4-15-26(32)27-16-5-9-22-33(27)39;27-26(28)23-15-7-11-19-18-10-3-6-14-22(18)25(24(19)23)20-12-4-1-8-16(20)17-9-2-5-13-21(17)25;26-23-15-7-11-19-18-10-3-6-14-22(18)25(24(19)23)20-12-4-1-8-16(20)17-9-2-5-13-21(17)25;15-13-11-8-4-5-9-12(11)16-14(17-13)10-6-2-1-3-7-10;1-3-4-2;/h1-24H;1-15,27-28H;1-15H;1-9H;1,3-4H2,2H3;/q;;;;-1;+1. The molecule has 0 amide bonds. The van der Waals surface area contributed by atoms with Crippen molar-refractivity contribution in [3.8, 4) is 101 Å². The second kappa shape index (κ2) is 30.6. The van der Waals surface area contributed by atoms with Gasteiger partial charge in [-0.3, -0.25) is 0 Å². The molecule has 0 radical (unpaired) electrons. The van der Waals surface area contributed by atoms with Crippen LogP contribution in [0.15, 0.2) is 387 Å². The third kappa shape index (κ3) is 11.6. The van der Waals surface area contributed by atoms with Crippen LogP contribution in [0.3, 0.4) is 0 Å². The third-order valence-corrected chi connectivity index (χ3v) is 25.1. The van der Waals surface area contributed by atoms with Crippen molar-refractivity contribution in [3.63, 3.8) is 0 Å². The van der Waals surface area contributed by atoms with E-state index in [9.17, 15) is 10.0 Å². The Morgan fingerprint density at radius 2 is 0.573 bits per heavy atom. The van der Waals surface area contributed by atoms with Crippen molar-refractivity contribution in [3.05, 3.63) is 465 Å². The van der Waals surface area contributed by atoms with Crippen molar-refractivity contribution in [1.29, 1.82) is 0 Å². The summed E-state index contributed by atoms with van der Waals surface area (Å²) in [4.78, 5) is 19.2. The van der Waals surface area contributed by atoms with Gasteiger partial charge in [0.1, 0.15) is 5.15 Å². The topological polar surface area (TPSA) is 92.0 Å². The van der Waals surface area contributed by atoms with Crippen molar-refractivity contribution >= 4 is 61.9 Å². The quantitative estimate of drug-likeness (QED) is 0.101. The van der Waals surface area contributed by atoms with Gasteiger partial charge in [0.15, 0.2) is 11.6 Å². The van der Waals surface area contributed by atoms with Crippen molar-refractivity contribution in [2.75, 3.05) is 0 Å². The van der Waals surface area contributed by atoms with Gasteiger partial charge in [-0.25, -0.2) is 19.9 Å². The number of unbranched alkanes of at least 4 members (excludes halogenated alkanes) is 1. The molecule has 18 aromatic rings. The summed E-state index contributed by atoms with van der Waals surface area (Å²) in [6.45, 7) is 5.72. The van der Waals surface area contributed by atoms with Crippen LogP contribution in [0.2, 0.25) is 5.15 Å². The fourth-order valence-corrected chi connectivity index (χ4v) is 20.5. The summed E-state index contributed by atoms with van der Waals surface area (Å²) >= 11 is 10.1. The molecule has 16 aromatic carbocycles. The fraction of sp³-hybridized carbons (Fsp3) is 0.0561. The molecule has 6 aliphatic rings. The molecule has 552 valence electrons. The van der Waals surface area contributed by atoms with Gasteiger partial charge in [-0.15, -0.1) is 0 Å². The predicted molar refractivity (Wildman–Crippen MR) is 480 cm³/mol. The van der Waals surface area contributed by atoms with Crippen molar-refractivity contribution < 1.29 is 28.9 Å². The number of nitrogens with zero attached hydrogens (tertiary/aromatic N) is 4. The van der Waals surface area contributed by atoms with Crippen LogP contribution < -0.4 is 24.3 Å². The second-order valence-corrected chi connectivity index (χ2v) is 31.3. The molecule has 2 N–H and O–H groups in total. The number of hydrogen-bond donors (Lipinski definition) is 2. The van der Waals surface area contributed by atoms with Crippen LogP contribution in [0.5, 0.6) is 0 Å². The Kier molecular flexibility index (Phi) is 19.5. The van der Waals surface area contributed by atoms with E-state index in [-0.39, 0.29) is 24.3 Å². The van der Waals surface area contributed by atoms with E-state index in [4.69, 9.17) is 21.6 Å². The molecule has 0 atom stereocenters. The number of aromatic nitrogens is 4.